The van der Waals surface area contributed by atoms with Gasteiger partial charge in [0.05, 0.1) is 13.2 Å². The third-order valence-corrected chi connectivity index (χ3v) is 7.82. The minimum absolute atomic E-state index is 0.00145. The van der Waals surface area contributed by atoms with Gasteiger partial charge in [-0.1, -0.05) is 28.1 Å². The fourth-order valence-electron chi connectivity index (χ4n) is 6.72. The van der Waals surface area contributed by atoms with Gasteiger partial charge in [0.2, 0.25) is 5.91 Å². The average molecular weight is 418 g/mol. The molecule has 1 amide bonds. The number of hydrogen-bond donors (Lipinski definition) is 0. The van der Waals surface area contributed by atoms with E-state index >= 15 is 0 Å². The second-order valence-electron chi connectivity index (χ2n) is 9.35. The van der Waals surface area contributed by atoms with Gasteiger partial charge >= 0.3 is 0 Å². The maximum atomic E-state index is 13.2. The molecule has 4 saturated carbocycles. The lowest BCUT2D eigenvalue weighted by atomic mass is 9.49. The SMILES string of the molecule is O=C(CC12CC3CC(CC(C3)C1)C2)N1CCOC(c2cccc(Br)c2)C1. The molecule has 4 bridgehead atoms. The Kier molecular flexibility index (Phi) is 4.40. The van der Waals surface area contributed by atoms with Crippen molar-refractivity contribution in [1.82, 2.24) is 4.90 Å². The summed E-state index contributed by atoms with van der Waals surface area (Å²) < 4.78 is 7.04. The molecule has 5 fully saturated rings. The van der Waals surface area contributed by atoms with Crippen LogP contribution < -0.4 is 0 Å². The van der Waals surface area contributed by atoms with Crippen LogP contribution in [0.3, 0.4) is 0 Å². The predicted octanol–water partition coefficient (Wildman–Crippen LogP) is 4.96. The van der Waals surface area contributed by atoms with Gasteiger partial charge in [-0.3, -0.25) is 4.79 Å². The van der Waals surface area contributed by atoms with E-state index in [0.717, 1.165) is 40.8 Å². The van der Waals surface area contributed by atoms with E-state index < -0.39 is 0 Å². The van der Waals surface area contributed by atoms with Crippen LogP contribution >= 0.6 is 15.9 Å². The van der Waals surface area contributed by atoms with Gasteiger partial charge in [0.1, 0.15) is 6.10 Å². The van der Waals surface area contributed by atoms with Crippen molar-refractivity contribution >= 4 is 21.8 Å². The summed E-state index contributed by atoms with van der Waals surface area (Å²) in [5.74, 6) is 3.10. The summed E-state index contributed by atoms with van der Waals surface area (Å²) in [6.45, 7) is 2.08. The van der Waals surface area contributed by atoms with Crippen LogP contribution in [0.15, 0.2) is 28.7 Å². The number of halogens is 1. The third-order valence-electron chi connectivity index (χ3n) is 7.33. The Balaban J connectivity index is 1.27. The zero-order valence-corrected chi connectivity index (χ0v) is 16.9. The van der Waals surface area contributed by atoms with Crippen LogP contribution in [0.25, 0.3) is 0 Å². The first-order valence-electron chi connectivity index (χ1n) is 10.2. The van der Waals surface area contributed by atoms with Crippen molar-refractivity contribution in [3.63, 3.8) is 0 Å². The molecule has 4 heteroatoms. The normalized spacial score (nSPS) is 38.6. The molecule has 26 heavy (non-hydrogen) atoms. The molecule has 1 aromatic rings. The van der Waals surface area contributed by atoms with Crippen molar-refractivity contribution in [1.29, 1.82) is 0 Å². The van der Waals surface area contributed by atoms with E-state index in [2.05, 4.69) is 33.0 Å². The van der Waals surface area contributed by atoms with Gasteiger partial charge in [-0.05, 0) is 79.4 Å². The number of rotatable bonds is 3. The molecular weight excluding hydrogens is 390 g/mol. The number of carbonyl (C=O) groups is 1. The molecule has 1 aromatic carbocycles. The van der Waals surface area contributed by atoms with Gasteiger partial charge in [0.15, 0.2) is 0 Å². The van der Waals surface area contributed by atoms with E-state index in [1.807, 2.05) is 12.1 Å². The van der Waals surface area contributed by atoms with Crippen LogP contribution in [0.2, 0.25) is 0 Å². The van der Waals surface area contributed by atoms with Gasteiger partial charge in [-0.25, -0.2) is 0 Å². The van der Waals surface area contributed by atoms with Crippen LogP contribution in [0, 0.1) is 23.2 Å². The largest absolute Gasteiger partial charge is 0.370 e. The number of benzene rings is 1. The number of amides is 1. The second-order valence-corrected chi connectivity index (χ2v) is 10.3. The van der Waals surface area contributed by atoms with Crippen molar-refractivity contribution in [2.24, 2.45) is 23.2 Å². The molecule has 6 rings (SSSR count). The highest BCUT2D eigenvalue weighted by molar-refractivity contribution is 9.10. The summed E-state index contributed by atoms with van der Waals surface area (Å²) in [5, 5.41) is 0. The molecule has 0 radical (unpaired) electrons. The Labute approximate surface area is 164 Å². The summed E-state index contributed by atoms with van der Waals surface area (Å²) in [7, 11) is 0. The van der Waals surface area contributed by atoms with Crippen molar-refractivity contribution in [2.45, 2.75) is 51.0 Å². The van der Waals surface area contributed by atoms with Crippen LogP contribution in [0.1, 0.15) is 56.6 Å². The number of morpholine rings is 1. The topological polar surface area (TPSA) is 29.5 Å². The standard InChI is InChI=1S/C22H28BrNO2/c23-19-3-1-2-18(9-19)20-14-24(4-5-26-20)21(25)13-22-10-15-6-16(11-22)8-17(7-15)12-22/h1-3,9,15-17,20H,4-8,10-14H2. The first-order valence-corrected chi connectivity index (χ1v) is 11.0. The van der Waals surface area contributed by atoms with Gasteiger partial charge in [-0.15, -0.1) is 0 Å². The summed E-state index contributed by atoms with van der Waals surface area (Å²) in [5.41, 5.74) is 1.49. The van der Waals surface area contributed by atoms with E-state index in [-0.39, 0.29) is 6.10 Å². The Bertz CT molecular complexity index is 668. The predicted molar refractivity (Wildman–Crippen MR) is 105 cm³/mol. The molecule has 140 valence electrons. The van der Waals surface area contributed by atoms with Gasteiger partial charge < -0.3 is 9.64 Å². The molecular formula is C22H28BrNO2. The number of ether oxygens (including phenoxy) is 1. The molecule has 4 aliphatic carbocycles. The van der Waals surface area contributed by atoms with Crippen molar-refractivity contribution in [2.75, 3.05) is 19.7 Å². The van der Waals surface area contributed by atoms with Crippen LogP contribution in [0.5, 0.6) is 0 Å². The van der Waals surface area contributed by atoms with Crippen LogP contribution in [-0.4, -0.2) is 30.5 Å². The Morgan fingerprint density at radius 3 is 2.50 bits per heavy atom. The van der Waals surface area contributed by atoms with E-state index in [4.69, 9.17) is 4.74 Å². The Morgan fingerprint density at radius 2 is 1.85 bits per heavy atom. The lowest BCUT2D eigenvalue weighted by Gasteiger charge is -2.57. The van der Waals surface area contributed by atoms with Crippen LogP contribution in [-0.2, 0) is 9.53 Å². The summed E-state index contributed by atoms with van der Waals surface area (Å²) in [4.78, 5) is 15.3. The Hall–Kier alpha value is -0.870. The summed E-state index contributed by atoms with van der Waals surface area (Å²) in [6, 6.07) is 8.28. The van der Waals surface area contributed by atoms with E-state index in [9.17, 15) is 4.79 Å². The Morgan fingerprint density at radius 1 is 1.15 bits per heavy atom. The van der Waals surface area contributed by atoms with Gasteiger partial charge in [0.25, 0.3) is 0 Å². The molecule has 3 nitrogen and oxygen atoms in total. The number of hydrogen-bond acceptors (Lipinski definition) is 2. The first-order chi connectivity index (χ1) is 12.6. The molecule has 1 unspecified atom stereocenters. The minimum atomic E-state index is 0.00145. The molecule has 1 heterocycles. The highest BCUT2D eigenvalue weighted by Gasteiger charge is 2.51. The van der Waals surface area contributed by atoms with Gasteiger partial charge in [-0.2, -0.15) is 0 Å². The second kappa shape index (κ2) is 6.63. The lowest BCUT2D eigenvalue weighted by molar-refractivity contribution is -0.146. The fraction of sp³-hybridized carbons (Fsp3) is 0.682. The maximum Gasteiger partial charge on any atom is 0.223 e. The zero-order valence-electron chi connectivity index (χ0n) is 15.3. The molecule has 1 saturated heterocycles. The smallest absolute Gasteiger partial charge is 0.223 e. The quantitative estimate of drug-likeness (QED) is 0.695. The highest BCUT2D eigenvalue weighted by atomic mass is 79.9. The minimum Gasteiger partial charge on any atom is -0.370 e. The van der Waals surface area contributed by atoms with Crippen LogP contribution in [0.4, 0.5) is 0 Å². The van der Waals surface area contributed by atoms with Gasteiger partial charge in [0, 0.05) is 17.4 Å². The molecule has 1 atom stereocenters. The molecule has 0 aromatic heterocycles. The maximum absolute atomic E-state index is 13.2. The highest BCUT2D eigenvalue weighted by Crippen LogP contribution is 2.61. The fourth-order valence-corrected chi connectivity index (χ4v) is 7.14. The molecule has 0 N–H and O–H groups in total. The van der Waals surface area contributed by atoms with Crippen molar-refractivity contribution < 1.29 is 9.53 Å². The summed E-state index contributed by atoms with van der Waals surface area (Å²) >= 11 is 3.54. The van der Waals surface area contributed by atoms with E-state index in [1.54, 1.807) is 0 Å². The van der Waals surface area contributed by atoms with Crippen molar-refractivity contribution in [3.8, 4) is 0 Å². The molecule has 0 spiro atoms. The van der Waals surface area contributed by atoms with E-state index in [1.165, 1.54) is 38.5 Å². The monoisotopic (exact) mass is 417 g/mol. The average Bonchev–Trinajstić information content (AvgIpc) is 2.60. The third kappa shape index (κ3) is 3.24. The van der Waals surface area contributed by atoms with E-state index in [0.29, 0.717) is 24.5 Å². The molecule has 1 aliphatic heterocycles. The number of nitrogens with zero attached hydrogens (tertiary/aromatic N) is 1. The zero-order chi connectivity index (χ0) is 17.7. The lowest BCUT2D eigenvalue weighted by Crippen LogP contribution is -2.50. The summed E-state index contributed by atoms with van der Waals surface area (Å²) in [6.07, 6.45) is 9.03. The van der Waals surface area contributed by atoms with Crippen molar-refractivity contribution in [3.05, 3.63) is 34.3 Å². The number of carbonyl (C=O) groups excluding carboxylic acids is 1. The molecule has 5 aliphatic rings. The first kappa shape index (κ1) is 17.2.